The molecule has 2 aliphatic heterocycles. The van der Waals surface area contributed by atoms with Crippen LogP contribution in [0, 0.1) is 0 Å². The van der Waals surface area contributed by atoms with Gasteiger partial charge in [-0.05, 0) is 31.0 Å². The summed E-state index contributed by atoms with van der Waals surface area (Å²) in [5.74, 6) is 1.76. The number of anilines is 4. The molecule has 8 rings (SSSR count). The van der Waals surface area contributed by atoms with Crippen molar-refractivity contribution >= 4 is 57.6 Å². The summed E-state index contributed by atoms with van der Waals surface area (Å²) in [6.07, 6.45) is 11.3. The topological polar surface area (TPSA) is 256 Å². The summed E-state index contributed by atoms with van der Waals surface area (Å²) in [6, 6.07) is 5.64. The molecule has 0 radical (unpaired) electrons. The van der Waals surface area contributed by atoms with Gasteiger partial charge in [-0.1, -0.05) is 6.42 Å². The fraction of sp³-hybridized carbons (Fsp3) is 0.450. The highest BCUT2D eigenvalue weighted by Crippen LogP contribution is 2.32. The number of piperazine rings is 2. The zero-order valence-electron chi connectivity index (χ0n) is 33.5. The molecular formula is C40H50N16O4. The number of hydrogen-bond donors (Lipinski definition) is 3. The van der Waals surface area contributed by atoms with Gasteiger partial charge in [-0.25, -0.2) is 34.6 Å². The van der Waals surface area contributed by atoms with E-state index >= 15 is 0 Å². The number of ether oxygens (including phenoxy) is 1. The summed E-state index contributed by atoms with van der Waals surface area (Å²) in [7, 11) is 0. The summed E-state index contributed by atoms with van der Waals surface area (Å²) >= 11 is 0. The van der Waals surface area contributed by atoms with Crippen LogP contribution in [0.25, 0.3) is 33.4 Å². The average molecular weight is 819 g/mol. The quantitative estimate of drug-likeness (QED) is 0.0880. The highest BCUT2D eigenvalue weighted by molar-refractivity contribution is 5.99. The molecule has 5 aromatic heterocycles. The number of aryl methyl sites for hydroxylation is 1. The van der Waals surface area contributed by atoms with Gasteiger partial charge in [0.2, 0.25) is 17.8 Å². The highest BCUT2D eigenvalue weighted by atomic mass is 16.5. The molecule has 0 aliphatic carbocycles. The van der Waals surface area contributed by atoms with Gasteiger partial charge in [0, 0.05) is 114 Å². The van der Waals surface area contributed by atoms with Crippen LogP contribution in [0.2, 0.25) is 0 Å². The first kappa shape index (κ1) is 40.4. The Labute approximate surface area is 346 Å². The molecule has 0 saturated carbocycles. The number of hydrogen-bond acceptors (Lipinski definition) is 18. The average Bonchev–Trinajstić information content (AvgIpc) is 3.86. The predicted molar refractivity (Wildman–Crippen MR) is 225 cm³/mol. The molecule has 2 fully saturated rings. The lowest BCUT2D eigenvalue weighted by Crippen LogP contribution is -2.49. The fourth-order valence-corrected chi connectivity index (χ4v) is 7.53. The first-order valence-electron chi connectivity index (χ1n) is 20.4. The second-order valence-corrected chi connectivity index (χ2v) is 14.9. The number of Topliss-reactive ketones (excluding diaryl/α,β-unsaturated/α-hetero) is 1. The van der Waals surface area contributed by atoms with E-state index < -0.39 is 0 Å². The van der Waals surface area contributed by atoms with E-state index in [-0.39, 0.29) is 17.7 Å². The third-order valence-electron chi connectivity index (χ3n) is 11.0. The van der Waals surface area contributed by atoms with E-state index in [1.54, 1.807) is 30.9 Å². The number of oxazole rings is 1. The van der Waals surface area contributed by atoms with E-state index in [0.717, 1.165) is 63.1 Å². The van der Waals surface area contributed by atoms with Crippen LogP contribution in [0.4, 0.5) is 23.7 Å². The van der Waals surface area contributed by atoms with Gasteiger partial charge in [-0.3, -0.25) is 14.5 Å². The van der Waals surface area contributed by atoms with E-state index in [1.807, 2.05) is 21.7 Å². The van der Waals surface area contributed by atoms with E-state index in [4.69, 9.17) is 31.5 Å². The van der Waals surface area contributed by atoms with Crippen molar-refractivity contribution in [2.45, 2.75) is 45.2 Å². The Morgan fingerprint density at radius 2 is 1.48 bits per heavy atom. The minimum atomic E-state index is 0.0204. The van der Waals surface area contributed by atoms with Crippen molar-refractivity contribution < 1.29 is 18.7 Å². The van der Waals surface area contributed by atoms with Gasteiger partial charge in [0.1, 0.15) is 23.4 Å². The predicted octanol–water partition coefficient (Wildman–Crippen LogP) is 2.16. The number of ketones is 1. The molecule has 1 amide bonds. The smallest absolute Gasteiger partial charge is 0.292 e. The maximum atomic E-state index is 13.0. The van der Waals surface area contributed by atoms with Crippen molar-refractivity contribution in [3.63, 3.8) is 0 Å². The lowest BCUT2D eigenvalue weighted by atomic mass is 10.1. The van der Waals surface area contributed by atoms with Crippen LogP contribution in [0.15, 0.2) is 53.7 Å². The van der Waals surface area contributed by atoms with Gasteiger partial charge in [0.25, 0.3) is 6.01 Å². The molecule has 2 saturated heterocycles. The normalized spacial score (nSPS) is 15.1. The molecule has 6 aromatic rings. The number of benzene rings is 1. The summed E-state index contributed by atoms with van der Waals surface area (Å²) < 4.78 is 13.1. The standard InChI is InChI=1S/C40H50N16O4/c41-21-27-22-44-39(45-23-27)55-15-13-53(14-16-55)33(58)7-18-59-19-17-52-9-11-54(12-10-52)40-46-24-29(25-47-40)31(57)4-2-1-3-8-56-37-34(36(42)48-26-49-37)35(51-56)28-5-6-32-30(20-28)50-38(43)60-32/h5-6,20,22-26H,1-4,7-19,21,41H2,(H2,43,50)(H2,42,48,49). The van der Waals surface area contributed by atoms with Crippen molar-refractivity contribution in [3.8, 4) is 11.3 Å². The second-order valence-electron chi connectivity index (χ2n) is 14.9. The number of nitrogens with zero attached hydrogens (tertiary/aromatic N) is 13. The van der Waals surface area contributed by atoms with Crippen molar-refractivity contribution in [2.75, 3.05) is 93.4 Å². The molecular weight excluding hydrogens is 769 g/mol. The van der Waals surface area contributed by atoms with Crippen molar-refractivity contribution in [1.29, 1.82) is 0 Å². The molecule has 0 unspecified atom stereocenters. The van der Waals surface area contributed by atoms with Gasteiger partial charge in [0.05, 0.1) is 30.6 Å². The van der Waals surface area contributed by atoms with Gasteiger partial charge in [-0.2, -0.15) is 10.1 Å². The molecule has 20 nitrogen and oxygen atoms in total. The third kappa shape index (κ3) is 9.40. The summed E-state index contributed by atoms with van der Waals surface area (Å²) in [5.41, 5.74) is 22.4. The zero-order chi connectivity index (χ0) is 41.4. The van der Waals surface area contributed by atoms with Crippen LogP contribution < -0.4 is 27.0 Å². The maximum Gasteiger partial charge on any atom is 0.292 e. The van der Waals surface area contributed by atoms with Crippen molar-refractivity contribution in [1.82, 2.24) is 54.5 Å². The van der Waals surface area contributed by atoms with Crippen LogP contribution in [-0.2, 0) is 22.6 Å². The monoisotopic (exact) mass is 818 g/mol. The molecule has 20 heteroatoms. The number of carbonyl (C=O) groups excluding carboxylic acids is 2. The molecule has 314 valence electrons. The second kappa shape index (κ2) is 18.7. The molecule has 0 bridgehead atoms. The lowest BCUT2D eigenvalue weighted by molar-refractivity contribution is -0.132. The summed E-state index contributed by atoms with van der Waals surface area (Å²) in [6.45, 7) is 8.68. The Balaban J connectivity index is 0.708. The van der Waals surface area contributed by atoms with Crippen LogP contribution in [0.1, 0.15) is 48.0 Å². The number of unbranched alkanes of at least 4 members (excludes halogenated alkanes) is 2. The zero-order valence-corrected chi connectivity index (χ0v) is 33.5. The minimum absolute atomic E-state index is 0.0204. The molecule has 60 heavy (non-hydrogen) atoms. The van der Waals surface area contributed by atoms with E-state index in [1.165, 1.54) is 6.33 Å². The molecule has 6 N–H and O–H groups in total. The Morgan fingerprint density at radius 1 is 0.767 bits per heavy atom. The third-order valence-corrected chi connectivity index (χ3v) is 11.0. The number of rotatable bonds is 17. The van der Waals surface area contributed by atoms with Crippen LogP contribution >= 0.6 is 0 Å². The molecule has 0 atom stereocenters. The number of aromatic nitrogens is 9. The largest absolute Gasteiger partial charge is 0.424 e. The molecule has 1 aromatic carbocycles. The van der Waals surface area contributed by atoms with E-state index in [2.05, 4.69) is 49.6 Å². The van der Waals surface area contributed by atoms with Crippen LogP contribution in [-0.4, -0.2) is 138 Å². The van der Waals surface area contributed by atoms with Crippen molar-refractivity contribution in [2.24, 2.45) is 5.73 Å². The summed E-state index contributed by atoms with van der Waals surface area (Å²) in [4.78, 5) is 65.0. The Bertz CT molecular complexity index is 2390. The SMILES string of the molecule is NCc1cnc(N2CCN(C(=O)CCOCCN3CCN(c4ncc(C(=O)CCCCCn5nc(-c6ccc7oc(N)nc7c6)c6c(N)ncnc65)cn4)CC3)CC2)nc1. The van der Waals surface area contributed by atoms with Gasteiger partial charge in [-0.15, -0.1) is 0 Å². The molecule has 2 aliphatic rings. The first-order valence-corrected chi connectivity index (χ1v) is 20.4. The fourth-order valence-electron chi connectivity index (χ4n) is 7.53. The molecule has 7 heterocycles. The highest BCUT2D eigenvalue weighted by Gasteiger charge is 2.24. The van der Waals surface area contributed by atoms with Gasteiger partial charge < -0.3 is 41.1 Å². The minimum Gasteiger partial charge on any atom is -0.424 e. The van der Waals surface area contributed by atoms with Gasteiger partial charge in [0.15, 0.2) is 17.0 Å². The number of fused-ring (bicyclic) bond motifs is 2. The van der Waals surface area contributed by atoms with Crippen molar-refractivity contribution in [3.05, 3.63) is 60.4 Å². The van der Waals surface area contributed by atoms with Crippen LogP contribution in [0.5, 0.6) is 0 Å². The van der Waals surface area contributed by atoms with Crippen LogP contribution in [0.3, 0.4) is 0 Å². The van der Waals surface area contributed by atoms with E-state index in [0.29, 0.717) is 116 Å². The maximum absolute atomic E-state index is 13.0. The van der Waals surface area contributed by atoms with E-state index in [9.17, 15) is 9.59 Å². The number of carbonyl (C=O) groups is 2. The Kier molecular flexibility index (Phi) is 12.6. The lowest BCUT2D eigenvalue weighted by Gasteiger charge is -2.35. The first-order chi connectivity index (χ1) is 29.3. The Hall–Kier alpha value is -6.38. The summed E-state index contributed by atoms with van der Waals surface area (Å²) in [5, 5.41) is 5.52. The number of nitrogen functional groups attached to an aromatic ring is 2. The molecule has 0 spiro atoms. The Morgan fingerprint density at radius 3 is 2.22 bits per heavy atom. The number of amides is 1. The number of nitrogens with two attached hydrogens (primary N) is 3. The van der Waals surface area contributed by atoms with Gasteiger partial charge >= 0.3 is 0 Å².